The summed E-state index contributed by atoms with van der Waals surface area (Å²) in [7, 11) is 0. The standard InChI is InChI=1S/C16H16F2N2O/c17-11-3-8-14(15(18)9-11)16(20-19)10-1-4-12(5-2-10)21-13-6-7-13/h1-5,8-9,13,16,20H,6-7,19H2. The number of hydrogen-bond acceptors (Lipinski definition) is 3. The summed E-state index contributed by atoms with van der Waals surface area (Å²) in [5.41, 5.74) is 3.65. The molecule has 3 rings (SSSR count). The van der Waals surface area contributed by atoms with Crippen molar-refractivity contribution in [2.24, 2.45) is 5.84 Å². The van der Waals surface area contributed by atoms with Gasteiger partial charge in [0.1, 0.15) is 17.4 Å². The van der Waals surface area contributed by atoms with Crippen molar-refractivity contribution in [1.29, 1.82) is 0 Å². The first-order chi connectivity index (χ1) is 10.2. The van der Waals surface area contributed by atoms with Crippen LogP contribution >= 0.6 is 0 Å². The predicted octanol–water partition coefficient (Wildman–Crippen LogP) is 3.06. The lowest BCUT2D eigenvalue weighted by Gasteiger charge is -2.18. The van der Waals surface area contributed by atoms with E-state index >= 15 is 0 Å². The van der Waals surface area contributed by atoms with Crippen LogP contribution in [0, 0.1) is 11.6 Å². The fourth-order valence-electron chi connectivity index (χ4n) is 2.22. The van der Waals surface area contributed by atoms with Crippen LogP contribution in [-0.2, 0) is 0 Å². The largest absolute Gasteiger partial charge is 0.490 e. The zero-order chi connectivity index (χ0) is 14.8. The van der Waals surface area contributed by atoms with E-state index in [-0.39, 0.29) is 0 Å². The molecule has 1 aliphatic rings. The molecule has 1 fully saturated rings. The van der Waals surface area contributed by atoms with Crippen LogP contribution in [0.25, 0.3) is 0 Å². The van der Waals surface area contributed by atoms with Gasteiger partial charge >= 0.3 is 0 Å². The Morgan fingerprint density at radius 3 is 2.38 bits per heavy atom. The number of nitrogens with one attached hydrogen (secondary N) is 1. The lowest BCUT2D eigenvalue weighted by atomic mass is 9.98. The maximum atomic E-state index is 13.9. The second-order valence-electron chi connectivity index (χ2n) is 5.15. The molecule has 5 heteroatoms. The zero-order valence-corrected chi connectivity index (χ0v) is 11.4. The first-order valence-electron chi connectivity index (χ1n) is 6.85. The fraction of sp³-hybridized carbons (Fsp3) is 0.250. The molecular weight excluding hydrogens is 274 g/mol. The van der Waals surface area contributed by atoms with E-state index in [4.69, 9.17) is 10.6 Å². The SMILES string of the molecule is NNC(c1ccc(OC2CC2)cc1)c1ccc(F)cc1F. The molecule has 1 atom stereocenters. The minimum absolute atomic E-state index is 0.301. The second-order valence-corrected chi connectivity index (χ2v) is 5.15. The molecule has 0 saturated heterocycles. The van der Waals surface area contributed by atoms with Gasteiger partial charge in [-0.1, -0.05) is 18.2 Å². The molecule has 1 saturated carbocycles. The molecule has 0 spiro atoms. The molecule has 0 aromatic heterocycles. The van der Waals surface area contributed by atoms with Crippen molar-refractivity contribution in [3.63, 3.8) is 0 Å². The minimum Gasteiger partial charge on any atom is -0.490 e. The smallest absolute Gasteiger partial charge is 0.131 e. The van der Waals surface area contributed by atoms with E-state index in [1.807, 2.05) is 24.3 Å². The molecule has 3 nitrogen and oxygen atoms in total. The van der Waals surface area contributed by atoms with Crippen LogP contribution in [0.5, 0.6) is 5.75 Å². The van der Waals surface area contributed by atoms with Gasteiger partial charge in [0.05, 0.1) is 12.1 Å². The average Bonchev–Trinajstić information content (AvgIpc) is 3.27. The zero-order valence-electron chi connectivity index (χ0n) is 11.4. The highest BCUT2D eigenvalue weighted by molar-refractivity contribution is 5.36. The van der Waals surface area contributed by atoms with E-state index in [9.17, 15) is 8.78 Å². The summed E-state index contributed by atoms with van der Waals surface area (Å²) >= 11 is 0. The third-order valence-electron chi connectivity index (χ3n) is 3.48. The molecule has 0 bridgehead atoms. The number of nitrogens with two attached hydrogens (primary N) is 1. The van der Waals surface area contributed by atoms with E-state index in [1.165, 1.54) is 12.1 Å². The third-order valence-corrected chi connectivity index (χ3v) is 3.48. The molecule has 21 heavy (non-hydrogen) atoms. The van der Waals surface area contributed by atoms with Crippen molar-refractivity contribution in [3.05, 3.63) is 65.2 Å². The maximum absolute atomic E-state index is 13.9. The van der Waals surface area contributed by atoms with E-state index in [0.717, 1.165) is 30.2 Å². The maximum Gasteiger partial charge on any atom is 0.131 e. The van der Waals surface area contributed by atoms with Crippen molar-refractivity contribution in [2.45, 2.75) is 25.0 Å². The molecule has 1 aliphatic carbocycles. The molecule has 1 unspecified atom stereocenters. The Balaban J connectivity index is 1.84. The number of halogens is 2. The van der Waals surface area contributed by atoms with Crippen LogP contribution in [0.15, 0.2) is 42.5 Å². The quantitative estimate of drug-likeness (QED) is 0.657. The first-order valence-corrected chi connectivity index (χ1v) is 6.85. The summed E-state index contributed by atoms with van der Waals surface area (Å²) in [4.78, 5) is 0. The Morgan fingerprint density at radius 2 is 1.81 bits per heavy atom. The van der Waals surface area contributed by atoms with Crippen LogP contribution < -0.4 is 16.0 Å². The minimum atomic E-state index is -0.628. The molecule has 2 aromatic carbocycles. The molecule has 0 aliphatic heterocycles. The first kappa shape index (κ1) is 14.0. The highest BCUT2D eigenvalue weighted by atomic mass is 19.1. The van der Waals surface area contributed by atoms with E-state index in [2.05, 4.69) is 5.43 Å². The van der Waals surface area contributed by atoms with Gasteiger partial charge in [0, 0.05) is 11.6 Å². The van der Waals surface area contributed by atoms with Gasteiger partial charge in [-0.2, -0.15) is 0 Å². The van der Waals surface area contributed by atoms with E-state index in [1.54, 1.807) is 0 Å². The monoisotopic (exact) mass is 290 g/mol. The summed E-state index contributed by atoms with van der Waals surface area (Å²) in [5, 5.41) is 0. The summed E-state index contributed by atoms with van der Waals surface area (Å²) in [6.45, 7) is 0. The van der Waals surface area contributed by atoms with Gasteiger partial charge in [0.15, 0.2) is 0 Å². The van der Waals surface area contributed by atoms with Gasteiger partial charge in [-0.25, -0.2) is 14.2 Å². The van der Waals surface area contributed by atoms with Crippen molar-refractivity contribution >= 4 is 0 Å². The summed E-state index contributed by atoms with van der Waals surface area (Å²) in [6.07, 6.45) is 2.51. The van der Waals surface area contributed by atoms with Gasteiger partial charge < -0.3 is 4.74 Å². The fourth-order valence-corrected chi connectivity index (χ4v) is 2.22. The predicted molar refractivity (Wildman–Crippen MR) is 75.6 cm³/mol. The van der Waals surface area contributed by atoms with E-state index in [0.29, 0.717) is 11.7 Å². The Labute approximate surface area is 121 Å². The normalized spacial score (nSPS) is 15.8. The van der Waals surface area contributed by atoms with E-state index < -0.39 is 17.7 Å². The number of hydrogen-bond donors (Lipinski definition) is 2. The number of rotatable bonds is 5. The topological polar surface area (TPSA) is 47.3 Å². The molecule has 2 aromatic rings. The number of benzene rings is 2. The highest BCUT2D eigenvalue weighted by Crippen LogP contribution is 2.29. The van der Waals surface area contributed by atoms with Crippen LogP contribution in [0.1, 0.15) is 30.0 Å². The highest BCUT2D eigenvalue weighted by Gasteiger charge is 2.23. The Hall–Kier alpha value is -1.98. The van der Waals surface area contributed by atoms with Gasteiger partial charge in [-0.3, -0.25) is 5.84 Å². The van der Waals surface area contributed by atoms with Gasteiger partial charge in [0.25, 0.3) is 0 Å². The van der Waals surface area contributed by atoms with Crippen molar-refractivity contribution in [3.8, 4) is 5.75 Å². The van der Waals surface area contributed by atoms with Crippen LogP contribution in [-0.4, -0.2) is 6.10 Å². The summed E-state index contributed by atoms with van der Waals surface area (Å²) in [6, 6.07) is 10.2. The lowest BCUT2D eigenvalue weighted by Crippen LogP contribution is -2.29. The Morgan fingerprint density at radius 1 is 1.10 bits per heavy atom. The number of hydrazine groups is 1. The second kappa shape index (κ2) is 5.79. The van der Waals surface area contributed by atoms with Crippen molar-refractivity contribution < 1.29 is 13.5 Å². The average molecular weight is 290 g/mol. The van der Waals surface area contributed by atoms with Crippen LogP contribution in [0.2, 0.25) is 0 Å². The van der Waals surface area contributed by atoms with Crippen LogP contribution in [0.4, 0.5) is 8.78 Å². The van der Waals surface area contributed by atoms with Gasteiger partial charge in [-0.15, -0.1) is 0 Å². The Bertz CT molecular complexity index is 627. The molecule has 0 radical (unpaired) electrons. The van der Waals surface area contributed by atoms with Crippen molar-refractivity contribution in [2.75, 3.05) is 0 Å². The molecule has 3 N–H and O–H groups in total. The van der Waals surface area contributed by atoms with Gasteiger partial charge in [-0.05, 0) is 36.6 Å². The molecule has 0 amide bonds. The Kier molecular flexibility index (Phi) is 3.86. The molecule has 110 valence electrons. The van der Waals surface area contributed by atoms with Gasteiger partial charge in [0.2, 0.25) is 0 Å². The lowest BCUT2D eigenvalue weighted by molar-refractivity contribution is 0.303. The molecular formula is C16H16F2N2O. The van der Waals surface area contributed by atoms with Crippen LogP contribution in [0.3, 0.4) is 0 Å². The molecule has 0 heterocycles. The summed E-state index contributed by atoms with van der Waals surface area (Å²) in [5.74, 6) is 5.08. The van der Waals surface area contributed by atoms with Crippen molar-refractivity contribution in [1.82, 2.24) is 5.43 Å². The number of ether oxygens (including phenoxy) is 1. The third kappa shape index (κ3) is 3.20. The summed E-state index contributed by atoms with van der Waals surface area (Å²) < 4.78 is 32.5.